The van der Waals surface area contributed by atoms with Gasteiger partial charge in [-0.1, -0.05) is 0 Å². The van der Waals surface area contributed by atoms with Crippen LogP contribution in [0.1, 0.15) is 39.0 Å². The van der Waals surface area contributed by atoms with Crippen LogP contribution in [0.15, 0.2) is 0 Å². The molecule has 1 N–H and O–H groups in total. The van der Waals surface area contributed by atoms with Crippen molar-refractivity contribution in [2.75, 3.05) is 13.7 Å². The first-order valence-electron chi connectivity index (χ1n) is 6.40. The zero-order valence-electron chi connectivity index (χ0n) is 10.9. The van der Waals surface area contributed by atoms with E-state index in [1.54, 1.807) is 0 Å². The minimum atomic E-state index is -1.46. The van der Waals surface area contributed by atoms with Crippen LogP contribution in [-0.4, -0.2) is 36.4 Å². The summed E-state index contributed by atoms with van der Waals surface area (Å²) in [5, 5.41) is 9.41. The lowest BCUT2D eigenvalue weighted by atomic mass is 9.64. The van der Waals surface area contributed by atoms with E-state index >= 15 is 0 Å². The zero-order chi connectivity index (χ0) is 13.4. The van der Waals surface area contributed by atoms with E-state index in [0.29, 0.717) is 19.4 Å². The smallest absolute Gasteiger partial charge is 0.323 e. The van der Waals surface area contributed by atoms with Gasteiger partial charge < -0.3 is 14.6 Å². The van der Waals surface area contributed by atoms with E-state index in [1.807, 2.05) is 0 Å². The first-order valence-corrected chi connectivity index (χ1v) is 6.40. The van der Waals surface area contributed by atoms with Crippen molar-refractivity contribution in [1.82, 2.24) is 0 Å². The summed E-state index contributed by atoms with van der Waals surface area (Å²) < 4.78 is 10.5. The molecule has 0 radical (unpaired) electrons. The maximum Gasteiger partial charge on any atom is 0.323 e. The number of hydrogen-bond acceptors (Lipinski definition) is 4. The number of ether oxygens (including phenoxy) is 2. The molecule has 1 aliphatic heterocycles. The maximum atomic E-state index is 11.8. The molecule has 5 nitrogen and oxygen atoms in total. The van der Waals surface area contributed by atoms with Gasteiger partial charge in [-0.3, -0.25) is 9.59 Å². The molecule has 0 aromatic carbocycles. The van der Waals surface area contributed by atoms with Crippen LogP contribution >= 0.6 is 0 Å². The van der Waals surface area contributed by atoms with E-state index in [4.69, 9.17) is 4.74 Å². The van der Waals surface area contributed by atoms with Gasteiger partial charge >= 0.3 is 11.9 Å². The molecule has 0 aromatic heterocycles. The third-order valence-corrected chi connectivity index (χ3v) is 4.63. The number of carbonyl (C=O) groups excluding carboxylic acids is 1. The van der Waals surface area contributed by atoms with Crippen LogP contribution < -0.4 is 0 Å². The van der Waals surface area contributed by atoms with E-state index in [1.165, 1.54) is 14.0 Å². The van der Waals surface area contributed by atoms with Crippen molar-refractivity contribution in [2.24, 2.45) is 11.3 Å². The standard InChI is InChI=1S/C13H20O5/c1-12(10(14)15,11(16)17-2)9-4-7-18-13(8-9)5-3-6-13/h9H,3-8H2,1-2H3,(H,14,15). The summed E-state index contributed by atoms with van der Waals surface area (Å²) in [5.74, 6) is -1.97. The first-order chi connectivity index (χ1) is 8.44. The number of carboxylic acids is 1. The highest BCUT2D eigenvalue weighted by Gasteiger charge is 2.54. The fourth-order valence-electron chi connectivity index (χ4n) is 3.08. The molecule has 1 heterocycles. The first kappa shape index (κ1) is 13.3. The van der Waals surface area contributed by atoms with Crippen LogP contribution in [0.4, 0.5) is 0 Å². The molecule has 2 atom stereocenters. The molecular weight excluding hydrogens is 236 g/mol. The molecule has 1 saturated carbocycles. The van der Waals surface area contributed by atoms with Crippen LogP contribution in [0.2, 0.25) is 0 Å². The van der Waals surface area contributed by atoms with Crippen molar-refractivity contribution in [3.8, 4) is 0 Å². The molecule has 1 saturated heterocycles. The second kappa shape index (κ2) is 4.53. The predicted octanol–water partition coefficient (Wildman–Crippen LogP) is 1.60. The van der Waals surface area contributed by atoms with Gasteiger partial charge in [0.05, 0.1) is 12.7 Å². The molecular formula is C13H20O5. The van der Waals surface area contributed by atoms with Crippen molar-refractivity contribution in [1.29, 1.82) is 0 Å². The predicted molar refractivity (Wildman–Crippen MR) is 63.0 cm³/mol. The van der Waals surface area contributed by atoms with E-state index in [-0.39, 0.29) is 11.5 Å². The van der Waals surface area contributed by atoms with Crippen molar-refractivity contribution < 1.29 is 24.2 Å². The highest BCUT2D eigenvalue weighted by molar-refractivity contribution is 5.99. The lowest BCUT2D eigenvalue weighted by Crippen LogP contribution is -2.53. The van der Waals surface area contributed by atoms with E-state index in [9.17, 15) is 14.7 Å². The van der Waals surface area contributed by atoms with Gasteiger partial charge in [0.25, 0.3) is 0 Å². The molecule has 2 unspecified atom stereocenters. The van der Waals surface area contributed by atoms with Crippen molar-refractivity contribution in [3.05, 3.63) is 0 Å². The Hall–Kier alpha value is -1.10. The Balaban J connectivity index is 2.20. The van der Waals surface area contributed by atoms with Gasteiger partial charge in [-0.15, -0.1) is 0 Å². The number of rotatable bonds is 3. The summed E-state index contributed by atoms with van der Waals surface area (Å²) >= 11 is 0. The van der Waals surface area contributed by atoms with Crippen molar-refractivity contribution in [2.45, 2.75) is 44.6 Å². The van der Waals surface area contributed by atoms with Crippen LogP contribution in [-0.2, 0) is 19.1 Å². The van der Waals surface area contributed by atoms with Crippen LogP contribution in [0.5, 0.6) is 0 Å². The number of esters is 1. The van der Waals surface area contributed by atoms with Gasteiger partial charge in [0.15, 0.2) is 5.41 Å². The number of aliphatic carboxylic acids is 1. The van der Waals surface area contributed by atoms with Gasteiger partial charge in [-0.25, -0.2) is 0 Å². The number of methoxy groups -OCH3 is 1. The Morgan fingerprint density at radius 1 is 1.44 bits per heavy atom. The topological polar surface area (TPSA) is 72.8 Å². The second-order valence-corrected chi connectivity index (χ2v) is 5.57. The van der Waals surface area contributed by atoms with Gasteiger partial charge in [0.2, 0.25) is 0 Å². The molecule has 1 aliphatic carbocycles. The molecule has 2 fully saturated rings. The lowest BCUT2D eigenvalue weighted by Gasteiger charge is -2.49. The molecule has 0 bridgehead atoms. The Labute approximate surface area is 106 Å². The summed E-state index contributed by atoms with van der Waals surface area (Å²) in [7, 11) is 1.24. The van der Waals surface area contributed by atoms with E-state index in [0.717, 1.165) is 19.3 Å². The van der Waals surface area contributed by atoms with E-state index in [2.05, 4.69) is 4.74 Å². The minimum Gasteiger partial charge on any atom is -0.480 e. The Bertz CT molecular complexity index is 360. The highest BCUT2D eigenvalue weighted by atomic mass is 16.5. The molecule has 2 aliphatic rings. The quantitative estimate of drug-likeness (QED) is 0.613. The third-order valence-electron chi connectivity index (χ3n) is 4.63. The normalized spacial score (nSPS) is 29.1. The lowest BCUT2D eigenvalue weighted by molar-refractivity contribution is -0.187. The summed E-state index contributed by atoms with van der Waals surface area (Å²) in [6.07, 6.45) is 4.31. The fourth-order valence-corrected chi connectivity index (χ4v) is 3.08. The molecule has 5 heteroatoms. The van der Waals surface area contributed by atoms with Crippen LogP contribution in [0.3, 0.4) is 0 Å². The van der Waals surface area contributed by atoms with Crippen LogP contribution in [0, 0.1) is 11.3 Å². The summed E-state index contributed by atoms with van der Waals surface area (Å²) in [6, 6.07) is 0. The number of carbonyl (C=O) groups is 2. The highest BCUT2D eigenvalue weighted by Crippen LogP contribution is 2.49. The fraction of sp³-hybridized carbons (Fsp3) is 0.846. The Morgan fingerprint density at radius 3 is 2.56 bits per heavy atom. The summed E-state index contributed by atoms with van der Waals surface area (Å²) in [4.78, 5) is 23.3. The number of hydrogen-bond donors (Lipinski definition) is 1. The average molecular weight is 256 g/mol. The zero-order valence-corrected chi connectivity index (χ0v) is 10.9. The maximum absolute atomic E-state index is 11.8. The molecule has 18 heavy (non-hydrogen) atoms. The molecule has 0 amide bonds. The molecule has 0 aromatic rings. The SMILES string of the molecule is COC(=O)C(C)(C(=O)O)C1CCOC2(CCC2)C1. The second-order valence-electron chi connectivity index (χ2n) is 5.57. The average Bonchev–Trinajstić information content (AvgIpc) is 2.34. The third kappa shape index (κ3) is 1.90. The van der Waals surface area contributed by atoms with Crippen molar-refractivity contribution in [3.63, 3.8) is 0 Å². The summed E-state index contributed by atoms with van der Waals surface area (Å²) in [6.45, 7) is 2.01. The monoisotopic (exact) mass is 256 g/mol. The van der Waals surface area contributed by atoms with Crippen LogP contribution in [0.25, 0.3) is 0 Å². The van der Waals surface area contributed by atoms with Gasteiger partial charge in [0, 0.05) is 6.61 Å². The minimum absolute atomic E-state index is 0.173. The molecule has 102 valence electrons. The molecule has 2 rings (SSSR count). The van der Waals surface area contributed by atoms with Gasteiger partial charge in [-0.2, -0.15) is 0 Å². The van der Waals surface area contributed by atoms with Crippen molar-refractivity contribution >= 4 is 11.9 Å². The summed E-state index contributed by atoms with van der Waals surface area (Å²) in [5.41, 5.74) is -1.63. The number of carboxylic acid groups (broad SMARTS) is 1. The van der Waals surface area contributed by atoms with Gasteiger partial charge in [0.1, 0.15) is 0 Å². The van der Waals surface area contributed by atoms with Gasteiger partial charge in [-0.05, 0) is 44.9 Å². The largest absolute Gasteiger partial charge is 0.480 e. The Morgan fingerprint density at radius 2 is 2.11 bits per heavy atom. The van der Waals surface area contributed by atoms with E-state index < -0.39 is 17.4 Å². The Kier molecular flexibility index (Phi) is 3.36. The molecule has 1 spiro atoms.